The van der Waals surface area contributed by atoms with Crippen LogP contribution < -0.4 is 4.18 Å². The van der Waals surface area contributed by atoms with E-state index >= 15 is 0 Å². The van der Waals surface area contributed by atoms with E-state index in [4.69, 9.17) is 4.18 Å². The molecule has 3 aromatic carbocycles. The lowest BCUT2D eigenvalue weighted by Crippen LogP contribution is -2.30. The van der Waals surface area contributed by atoms with Crippen LogP contribution in [0.3, 0.4) is 0 Å². The second kappa shape index (κ2) is 7.99. The van der Waals surface area contributed by atoms with Gasteiger partial charge in [0.2, 0.25) is 0 Å². The molecule has 0 amide bonds. The second-order valence-electron chi connectivity index (χ2n) is 5.89. The molecule has 0 saturated carbocycles. The van der Waals surface area contributed by atoms with Crippen molar-refractivity contribution in [3.63, 3.8) is 0 Å². The van der Waals surface area contributed by atoms with E-state index in [9.17, 15) is 8.42 Å². The number of hydrogen-bond donors (Lipinski definition) is 0. The second-order valence-corrected chi connectivity index (χ2v) is 7.71. The van der Waals surface area contributed by atoms with E-state index in [1.807, 2.05) is 66.7 Å². The lowest BCUT2D eigenvalue weighted by Gasteiger charge is -2.18. The molecule has 0 aliphatic carbocycles. The van der Waals surface area contributed by atoms with Gasteiger partial charge in [0.05, 0.1) is 0 Å². The summed E-state index contributed by atoms with van der Waals surface area (Å²) in [6.07, 6.45) is 0.815. The average Bonchev–Trinajstić information content (AvgIpc) is 2.63. The molecule has 0 heterocycles. The first-order chi connectivity index (χ1) is 12.1. The maximum absolute atomic E-state index is 12.9. The van der Waals surface area contributed by atoms with Crippen LogP contribution in [0.15, 0.2) is 91.0 Å². The molecule has 0 unspecified atom stereocenters. The average molecular weight is 352 g/mol. The molecule has 0 fully saturated rings. The minimum absolute atomic E-state index is 0.341. The van der Waals surface area contributed by atoms with Gasteiger partial charge in [-0.3, -0.25) is 0 Å². The molecule has 0 N–H and O–H groups in total. The van der Waals surface area contributed by atoms with E-state index in [1.54, 1.807) is 24.3 Å². The van der Waals surface area contributed by atoms with E-state index < -0.39 is 15.4 Å². The Kier molecular flexibility index (Phi) is 5.51. The Hall–Kier alpha value is -2.59. The first-order valence-electron chi connectivity index (χ1n) is 8.20. The molecule has 4 heteroatoms. The first-order valence-corrected chi connectivity index (χ1v) is 9.67. The van der Waals surface area contributed by atoms with Gasteiger partial charge in [-0.25, -0.2) is 0 Å². The molecular weight excluding hydrogens is 332 g/mol. The van der Waals surface area contributed by atoms with E-state index in [2.05, 4.69) is 0 Å². The van der Waals surface area contributed by atoms with Crippen molar-refractivity contribution in [3.8, 4) is 5.75 Å². The van der Waals surface area contributed by atoms with Crippen molar-refractivity contribution in [3.05, 3.63) is 102 Å². The SMILES string of the molecule is O=S(=O)(Oc1ccccc1)C(Cc1ccccc1)Cc1ccccc1. The summed E-state index contributed by atoms with van der Waals surface area (Å²) in [5.41, 5.74) is 1.95. The van der Waals surface area contributed by atoms with Gasteiger partial charge in [0.25, 0.3) is 0 Å². The molecule has 0 bridgehead atoms. The molecule has 3 nitrogen and oxygen atoms in total. The van der Waals surface area contributed by atoms with E-state index in [0.29, 0.717) is 18.6 Å². The Morgan fingerprint density at radius 3 is 1.48 bits per heavy atom. The Balaban J connectivity index is 1.86. The smallest absolute Gasteiger partial charge is 0.312 e. The summed E-state index contributed by atoms with van der Waals surface area (Å²) in [6, 6.07) is 27.9. The summed E-state index contributed by atoms with van der Waals surface area (Å²) >= 11 is 0. The summed E-state index contributed by atoms with van der Waals surface area (Å²) in [4.78, 5) is 0. The highest BCUT2D eigenvalue weighted by Gasteiger charge is 2.28. The van der Waals surface area contributed by atoms with E-state index in [0.717, 1.165) is 11.1 Å². The lowest BCUT2D eigenvalue weighted by molar-refractivity contribution is 0.468. The summed E-state index contributed by atoms with van der Waals surface area (Å²) in [7, 11) is -3.77. The summed E-state index contributed by atoms with van der Waals surface area (Å²) in [5.74, 6) is 0.341. The zero-order chi connectivity index (χ0) is 17.5. The van der Waals surface area contributed by atoms with Crippen LogP contribution in [0.25, 0.3) is 0 Å². The monoisotopic (exact) mass is 352 g/mol. The van der Waals surface area contributed by atoms with Crippen LogP contribution in [-0.4, -0.2) is 13.7 Å². The van der Waals surface area contributed by atoms with Crippen molar-refractivity contribution < 1.29 is 12.6 Å². The number of benzene rings is 3. The molecular formula is C21H20O3S. The number of para-hydroxylation sites is 1. The van der Waals surface area contributed by atoms with Crippen LogP contribution in [0.5, 0.6) is 5.75 Å². The lowest BCUT2D eigenvalue weighted by atomic mass is 10.0. The van der Waals surface area contributed by atoms with Crippen LogP contribution in [0.4, 0.5) is 0 Å². The normalized spacial score (nSPS) is 11.4. The number of hydrogen-bond acceptors (Lipinski definition) is 3. The van der Waals surface area contributed by atoms with Crippen molar-refractivity contribution in [2.24, 2.45) is 0 Å². The Morgan fingerprint density at radius 2 is 1.04 bits per heavy atom. The molecule has 0 aliphatic rings. The third kappa shape index (κ3) is 4.94. The fourth-order valence-corrected chi connectivity index (χ4v) is 4.02. The van der Waals surface area contributed by atoms with E-state index in [-0.39, 0.29) is 0 Å². The molecule has 0 aliphatic heterocycles. The largest absolute Gasteiger partial charge is 0.382 e. The predicted molar refractivity (Wildman–Crippen MR) is 100 cm³/mol. The zero-order valence-electron chi connectivity index (χ0n) is 13.8. The van der Waals surface area contributed by atoms with Crippen LogP contribution >= 0.6 is 0 Å². The van der Waals surface area contributed by atoms with Gasteiger partial charge in [-0.2, -0.15) is 8.42 Å². The third-order valence-corrected chi connectivity index (χ3v) is 5.55. The minimum Gasteiger partial charge on any atom is -0.382 e. The van der Waals surface area contributed by atoms with Crippen LogP contribution in [0, 0.1) is 0 Å². The molecule has 0 saturated heterocycles. The van der Waals surface area contributed by atoms with Crippen LogP contribution in [0.1, 0.15) is 11.1 Å². The summed E-state index contributed by atoms with van der Waals surface area (Å²) in [6.45, 7) is 0. The van der Waals surface area contributed by atoms with Gasteiger partial charge >= 0.3 is 10.1 Å². The van der Waals surface area contributed by atoms with E-state index in [1.165, 1.54) is 0 Å². The molecule has 0 atom stereocenters. The molecule has 25 heavy (non-hydrogen) atoms. The predicted octanol–water partition coefficient (Wildman–Crippen LogP) is 4.25. The van der Waals surface area contributed by atoms with Crippen LogP contribution in [-0.2, 0) is 23.0 Å². The van der Waals surface area contributed by atoms with Gasteiger partial charge in [0.15, 0.2) is 0 Å². The highest BCUT2D eigenvalue weighted by Crippen LogP contribution is 2.20. The summed E-state index contributed by atoms with van der Waals surface area (Å²) < 4.78 is 31.2. The maximum atomic E-state index is 12.9. The van der Waals surface area contributed by atoms with Gasteiger partial charge in [0, 0.05) is 0 Å². The van der Waals surface area contributed by atoms with Gasteiger partial charge in [0.1, 0.15) is 11.0 Å². The quantitative estimate of drug-likeness (QED) is 0.597. The fraction of sp³-hybridized carbons (Fsp3) is 0.143. The highest BCUT2D eigenvalue weighted by molar-refractivity contribution is 7.87. The maximum Gasteiger partial charge on any atom is 0.312 e. The standard InChI is InChI=1S/C21H20O3S/c22-25(23,24-20-14-8-3-9-15-20)21(16-18-10-4-1-5-11-18)17-19-12-6-2-7-13-19/h1-15,21H,16-17H2. The fourth-order valence-electron chi connectivity index (χ4n) is 2.71. The third-order valence-electron chi connectivity index (χ3n) is 3.98. The highest BCUT2D eigenvalue weighted by atomic mass is 32.2. The Labute approximate surface area is 149 Å². The van der Waals surface area contributed by atoms with Crippen molar-refractivity contribution in [1.82, 2.24) is 0 Å². The zero-order valence-corrected chi connectivity index (χ0v) is 14.6. The van der Waals surface area contributed by atoms with Gasteiger partial charge < -0.3 is 4.18 Å². The van der Waals surface area contributed by atoms with Gasteiger partial charge in [-0.05, 0) is 36.1 Å². The Morgan fingerprint density at radius 1 is 0.640 bits per heavy atom. The van der Waals surface area contributed by atoms with Crippen molar-refractivity contribution in [2.75, 3.05) is 0 Å². The van der Waals surface area contributed by atoms with Crippen LogP contribution in [0.2, 0.25) is 0 Å². The molecule has 3 rings (SSSR count). The molecule has 0 aromatic heterocycles. The van der Waals surface area contributed by atoms with Gasteiger partial charge in [-0.1, -0.05) is 78.9 Å². The minimum atomic E-state index is -3.77. The Bertz CT molecular complexity index is 835. The number of rotatable bonds is 7. The molecule has 0 radical (unpaired) electrons. The van der Waals surface area contributed by atoms with Crippen molar-refractivity contribution in [2.45, 2.75) is 18.1 Å². The molecule has 3 aromatic rings. The van der Waals surface area contributed by atoms with Gasteiger partial charge in [-0.15, -0.1) is 0 Å². The van der Waals surface area contributed by atoms with Crippen molar-refractivity contribution >= 4 is 10.1 Å². The summed E-state index contributed by atoms with van der Waals surface area (Å²) in [5, 5.41) is -0.655. The molecule has 128 valence electrons. The first kappa shape index (κ1) is 17.2. The topological polar surface area (TPSA) is 43.4 Å². The van der Waals surface area contributed by atoms with Crippen molar-refractivity contribution in [1.29, 1.82) is 0 Å². The molecule has 0 spiro atoms.